The van der Waals surface area contributed by atoms with Crippen molar-refractivity contribution in [2.45, 2.75) is 45.1 Å². The van der Waals surface area contributed by atoms with Gasteiger partial charge in [-0.05, 0) is 42.7 Å². The number of benzene rings is 2. The van der Waals surface area contributed by atoms with Gasteiger partial charge in [0.25, 0.3) is 0 Å². The van der Waals surface area contributed by atoms with Crippen LogP contribution in [-0.4, -0.2) is 26.8 Å². The third-order valence-electron chi connectivity index (χ3n) is 4.42. The number of aromatic hydroxyl groups is 2. The minimum Gasteiger partial charge on any atom is -0.508 e. The fourth-order valence-electron chi connectivity index (χ4n) is 2.90. The molecule has 0 bridgehead atoms. The fourth-order valence-corrected chi connectivity index (χ4v) is 3.72. The van der Waals surface area contributed by atoms with Crippen molar-refractivity contribution in [2.24, 2.45) is 0 Å². The lowest BCUT2D eigenvalue weighted by Crippen LogP contribution is -2.12. The summed E-state index contributed by atoms with van der Waals surface area (Å²) >= 11 is 0. The monoisotopic (exact) mass is 410 g/mol. The maximum atomic E-state index is 12.2. The number of hydrogen-bond acceptors (Lipinski definition) is 6. The number of phosphoric acid groups is 1. The first-order valence-corrected chi connectivity index (χ1v) is 10.7. The molecule has 2 aromatic carbocycles. The Kier molecular flexibility index (Phi) is 7.89. The number of unbranched alkanes of at least 4 members (excludes halogenated alkanes) is 1. The molecule has 0 fully saturated rings. The smallest absolute Gasteiger partial charge is 0.508 e. The van der Waals surface area contributed by atoms with Gasteiger partial charge in [0.2, 0.25) is 0 Å². The van der Waals surface area contributed by atoms with Crippen LogP contribution in [0.2, 0.25) is 0 Å². The third kappa shape index (κ3) is 5.97. The Morgan fingerprint density at radius 1 is 1.04 bits per heavy atom. The predicted octanol–water partition coefficient (Wildman–Crippen LogP) is 4.62. The van der Waals surface area contributed by atoms with Gasteiger partial charge in [0.1, 0.15) is 17.2 Å². The number of rotatable bonds is 10. The van der Waals surface area contributed by atoms with Crippen molar-refractivity contribution in [3.63, 3.8) is 0 Å². The zero-order valence-corrected chi connectivity index (χ0v) is 16.9. The Bertz CT molecular complexity index is 807. The summed E-state index contributed by atoms with van der Waals surface area (Å²) < 4.78 is 22.3. The van der Waals surface area contributed by atoms with E-state index in [-0.39, 0.29) is 35.3 Å². The van der Waals surface area contributed by atoms with E-state index in [0.717, 1.165) is 12.0 Å². The molecule has 0 spiro atoms. The van der Waals surface area contributed by atoms with Crippen molar-refractivity contribution < 1.29 is 33.8 Å². The van der Waals surface area contributed by atoms with Gasteiger partial charge in [0, 0.05) is 17.5 Å². The van der Waals surface area contributed by atoms with Crippen LogP contribution in [0.25, 0.3) is 0 Å². The van der Waals surface area contributed by atoms with Gasteiger partial charge in [0.05, 0.1) is 12.7 Å². The SMILES string of the molecule is CCCCOP(=O)(O)Oc1cc(O)ccc1C(O)C(CC)c1ccc(O)cc1. The zero-order valence-electron chi connectivity index (χ0n) is 16.0. The lowest BCUT2D eigenvalue weighted by molar-refractivity contribution is 0.138. The quantitative estimate of drug-likeness (QED) is 0.333. The first kappa shape index (κ1) is 22.2. The Hall–Kier alpha value is -2.05. The van der Waals surface area contributed by atoms with Crippen LogP contribution in [0, 0.1) is 0 Å². The van der Waals surface area contributed by atoms with Gasteiger partial charge >= 0.3 is 7.82 Å². The van der Waals surface area contributed by atoms with Gasteiger partial charge in [-0.1, -0.05) is 32.4 Å². The molecule has 0 aliphatic heterocycles. The Morgan fingerprint density at radius 3 is 2.29 bits per heavy atom. The van der Waals surface area contributed by atoms with E-state index >= 15 is 0 Å². The Morgan fingerprint density at radius 2 is 1.68 bits per heavy atom. The van der Waals surface area contributed by atoms with Crippen LogP contribution in [-0.2, 0) is 9.09 Å². The summed E-state index contributed by atoms with van der Waals surface area (Å²) in [5.74, 6) is -0.525. The van der Waals surface area contributed by atoms with Gasteiger partial charge in [-0.25, -0.2) is 4.57 Å². The second-order valence-electron chi connectivity index (χ2n) is 6.52. The average molecular weight is 410 g/mol. The van der Waals surface area contributed by atoms with Crippen molar-refractivity contribution >= 4 is 7.82 Å². The second kappa shape index (κ2) is 9.94. The standard InChI is InChI=1S/C20H27O7P/c1-3-5-12-26-28(24,25)27-19-13-16(22)10-11-18(19)20(23)17(4-2)14-6-8-15(21)9-7-14/h6-11,13,17,20-23H,3-5,12H2,1-2H3,(H,24,25). The highest BCUT2D eigenvalue weighted by molar-refractivity contribution is 7.47. The van der Waals surface area contributed by atoms with E-state index in [1.165, 1.54) is 30.3 Å². The molecule has 3 unspecified atom stereocenters. The van der Waals surface area contributed by atoms with Gasteiger partial charge < -0.3 is 19.8 Å². The highest BCUT2D eigenvalue weighted by Gasteiger charge is 2.29. The molecule has 0 saturated heterocycles. The maximum Gasteiger partial charge on any atom is 0.527 e. The van der Waals surface area contributed by atoms with Crippen LogP contribution in [0.3, 0.4) is 0 Å². The molecule has 2 aromatic rings. The first-order valence-electron chi connectivity index (χ1n) is 9.24. The van der Waals surface area contributed by atoms with Crippen molar-refractivity contribution in [3.05, 3.63) is 53.6 Å². The van der Waals surface area contributed by atoms with Crippen molar-refractivity contribution in [2.75, 3.05) is 6.61 Å². The molecular weight excluding hydrogens is 383 g/mol. The number of phenolic OH excluding ortho intramolecular Hbond substituents is 2. The summed E-state index contributed by atoms with van der Waals surface area (Å²) in [6.45, 7) is 3.88. The van der Waals surface area contributed by atoms with E-state index in [9.17, 15) is 24.8 Å². The largest absolute Gasteiger partial charge is 0.527 e. The van der Waals surface area contributed by atoms with E-state index in [0.29, 0.717) is 12.8 Å². The maximum absolute atomic E-state index is 12.2. The van der Waals surface area contributed by atoms with Crippen LogP contribution in [0.5, 0.6) is 17.2 Å². The predicted molar refractivity (Wildman–Crippen MR) is 106 cm³/mol. The van der Waals surface area contributed by atoms with E-state index in [1.54, 1.807) is 12.1 Å². The van der Waals surface area contributed by atoms with E-state index < -0.39 is 13.9 Å². The van der Waals surface area contributed by atoms with E-state index in [2.05, 4.69) is 0 Å². The van der Waals surface area contributed by atoms with Crippen LogP contribution >= 0.6 is 7.82 Å². The molecule has 0 heterocycles. The number of aliphatic hydroxyl groups excluding tert-OH is 1. The summed E-state index contributed by atoms with van der Waals surface area (Å²) in [5, 5.41) is 30.2. The number of phosphoric ester groups is 1. The molecule has 28 heavy (non-hydrogen) atoms. The molecule has 8 heteroatoms. The summed E-state index contributed by atoms with van der Waals surface area (Å²) in [6.07, 6.45) is 0.889. The highest BCUT2D eigenvalue weighted by atomic mass is 31.2. The molecule has 0 aliphatic rings. The van der Waals surface area contributed by atoms with Gasteiger partial charge in [-0.3, -0.25) is 9.42 Å². The van der Waals surface area contributed by atoms with E-state index in [4.69, 9.17) is 9.05 Å². The number of aliphatic hydroxyl groups is 1. The molecule has 3 atom stereocenters. The molecule has 154 valence electrons. The molecule has 2 rings (SSSR count). The fraction of sp³-hybridized carbons (Fsp3) is 0.400. The Labute approximate surface area is 164 Å². The van der Waals surface area contributed by atoms with Gasteiger partial charge in [-0.15, -0.1) is 0 Å². The van der Waals surface area contributed by atoms with Crippen molar-refractivity contribution in [1.82, 2.24) is 0 Å². The first-order chi connectivity index (χ1) is 13.3. The zero-order chi connectivity index (χ0) is 20.7. The lowest BCUT2D eigenvalue weighted by atomic mass is 9.87. The summed E-state index contributed by atoms with van der Waals surface area (Å²) in [5.41, 5.74) is 1.05. The van der Waals surface area contributed by atoms with Crippen LogP contribution in [0.4, 0.5) is 0 Å². The number of phenols is 2. The van der Waals surface area contributed by atoms with Crippen molar-refractivity contribution in [1.29, 1.82) is 0 Å². The number of hydrogen-bond donors (Lipinski definition) is 4. The normalized spacial score (nSPS) is 15.6. The lowest BCUT2D eigenvalue weighted by Gasteiger charge is -2.25. The van der Waals surface area contributed by atoms with E-state index in [1.807, 2.05) is 13.8 Å². The molecule has 0 radical (unpaired) electrons. The summed E-state index contributed by atoms with van der Waals surface area (Å²) in [4.78, 5) is 9.96. The molecule has 4 N–H and O–H groups in total. The molecule has 0 aromatic heterocycles. The minimum atomic E-state index is -4.40. The molecular formula is C20H27O7P. The average Bonchev–Trinajstić information content (AvgIpc) is 2.63. The molecule has 0 aliphatic carbocycles. The topological polar surface area (TPSA) is 116 Å². The second-order valence-corrected chi connectivity index (χ2v) is 7.90. The van der Waals surface area contributed by atoms with Gasteiger partial charge in [-0.2, -0.15) is 0 Å². The summed E-state index contributed by atoms with van der Waals surface area (Å²) in [7, 11) is -4.40. The van der Waals surface area contributed by atoms with Gasteiger partial charge in [0.15, 0.2) is 0 Å². The molecule has 0 amide bonds. The molecule has 7 nitrogen and oxygen atoms in total. The Balaban J connectivity index is 2.31. The minimum absolute atomic E-state index is 0.0616. The van der Waals surface area contributed by atoms with Crippen LogP contribution in [0.15, 0.2) is 42.5 Å². The summed E-state index contributed by atoms with van der Waals surface area (Å²) in [6, 6.07) is 10.5. The van der Waals surface area contributed by atoms with Crippen LogP contribution in [0.1, 0.15) is 56.3 Å². The van der Waals surface area contributed by atoms with Crippen LogP contribution < -0.4 is 4.52 Å². The highest BCUT2D eigenvalue weighted by Crippen LogP contribution is 2.48. The third-order valence-corrected chi connectivity index (χ3v) is 5.36. The van der Waals surface area contributed by atoms with Crippen molar-refractivity contribution in [3.8, 4) is 17.2 Å². The molecule has 0 saturated carbocycles.